The van der Waals surface area contributed by atoms with Gasteiger partial charge in [0.15, 0.2) is 6.04 Å². The van der Waals surface area contributed by atoms with Crippen molar-refractivity contribution >= 4 is 68.9 Å². The molecule has 2 aliphatic heterocycles. The first kappa shape index (κ1) is 23.3. The van der Waals surface area contributed by atoms with Crippen LogP contribution in [0.5, 0.6) is 0 Å². The fourth-order valence-electron chi connectivity index (χ4n) is 4.22. The van der Waals surface area contributed by atoms with Crippen molar-refractivity contribution in [2.75, 3.05) is 4.90 Å². The predicted octanol–water partition coefficient (Wildman–Crippen LogP) is 5.28. The maximum atomic E-state index is 13.7. The zero-order valence-electron chi connectivity index (χ0n) is 18.1. The summed E-state index contributed by atoms with van der Waals surface area (Å²) in [5.74, 6) is -2.14. The molecule has 0 saturated carbocycles. The van der Waals surface area contributed by atoms with Crippen molar-refractivity contribution in [3.05, 3.63) is 105 Å². The Morgan fingerprint density at radius 2 is 1.60 bits per heavy atom. The Kier molecular flexibility index (Phi) is 6.19. The maximum Gasteiger partial charge on any atom is 0.331 e. The molecule has 0 aromatic heterocycles. The molecule has 2 heterocycles. The van der Waals surface area contributed by atoms with Gasteiger partial charge in [0.1, 0.15) is 4.32 Å². The van der Waals surface area contributed by atoms with Gasteiger partial charge in [-0.25, -0.2) is 4.79 Å². The van der Waals surface area contributed by atoms with Gasteiger partial charge in [-0.1, -0.05) is 96.2 Å². The molecule has 0 spiro atoms. The van der Waals surface area contributed by atoms with Crippen molar-refractivity contribution in [2.45, 2.75) is 12.6 Å². The average Bonchev–Trinajstić information content (AvgIpc) is 3.28. The van der Waals surface area contributed by atoms with E-state index < -0.39 is 17.9 Å². The number of rotatable bonds is 5. The molecule has 3 aromatic carbocycles. The van der Waals surface area contributed by atoms with E-state index in [1.165, 1.54) is 0 Å². The van der Waals surface area contributed by atoms with E-state index in [2.05, 4.69) is 0 Å². The highest BCUT2D eigenvalue weighted by Crippen LogP contribution is 2.46. The number of carboxylic acid groups (broad SMARTS) is 1. The summed E-state index contributed by atoms with van der Waals surface area (Å²) in [5, 5.41) is 10.5. The van der Waals surface area contributed by atoms with E-state index >= 15 is 0 Å². The lowest BCUT2D eigenvalue weighted by Crippen LogP contribution is -2.37. The van der Waals surface area contributed by atoms with Gasteiger partial charge in [-0.05, 0) is 29.3 Å². The van der Waals surface area contributed by atoms with Crippen LogP contribution in [0.4, 0.5) is 5.69 Å². The van der Waals surface area contributed by atoms with Crippen LogP contribution in [0.15, 0.2) is 83.8 Å². The van der Waals surface area contributed by atoms with Crippen molar-refractivity contribution in [1.29, 1.82) is 0 Å². The Hall–Kier alpha value is -3.46. The second kappa shape index (κ2) is 9.30. The first-order valence-electron chi connectivity index (χ1n) is 10.6. The molecule has 3 aromatic rings. The summed E-state index contributed by atoms with van der Waals surface area (Å²) < 4.78 is 0.0928. The molecule has 6 nitrogen and oxygen atoms in total. The molecule has 9 heteroatoms. The normalized spacial score (nSPS) is 18.3. The number of amides is 2. The summed E-state index contributed by atoms with van der Waals surface area (Å²) in [7, 11) is 0. The Morgan fingerprint density at radius 1 is 0.943 bits per heavy atom. The number of benzene rings is 3. The van der Waals surface area contributed by atoms with E-state index in [1.54, 1.807) is 59.5 Å². The third kappa shape index (κ3) is 4.14. The summed E-state index contributed by atoms with van der Waals surface area (Å²) in [6, 6.07) is 21.5. The molecule has 1 saturated heterocycles. The van der Waals surface area contributed by atoms with Gasteiger partial charge in [0.2, 0.25) is 0 Å². The fraction of sp³-hybridized carbons (Fsp3) is 0.0769. The van der Waals surface area contributed by atoms with Crippen LogP contribution in [-0.2, 0) is 20.9 Å². The van der Waals surface area contributed by atoms with Gasteiger partial charge in [-0.2, -0.15) is 0 Å². The van der Waals surface area contributed by atoms with Crippen molar-refractivity contribution in [1.82, 2.24) is 4.90 Å². The molecule has 1 N–H and O–H groups in total. The van der Waals surface area contributed by atoms with Crippen LogP contribution in [0.3, 0.4) is 0 Å². The molecule has 0 aliphatic carbocycles. The van der Waals surface area contributed by atoms with E-state index in [0.29, 0.717) is 28.4 Å². The highest BCUT2D eigenvalue weighted by atomic mass is 35.5. The average molecular weight is 521 g/mol. The Morgan fingerprint density at radius 3 is 2.29 bits per heavy atom. The number of nitrogens with zero attached hydrogens (tertiary/aromatic N) is 2. The van der Waals surface area contributed by atoms with Crippen LogP contribution in [0.1, 0.15) is 22.7 Å². The molecule has 174 valence electrons. The summed E-state index contributed by atoms with van der Waals surface area (Å²) in [6.07, 6.45) is 0. The number of anilines is 1. The molecule has 5 rings (SSSR count). The molecule has 35 heavy (non-hydrogen) atoms. The SMILES string of the molecule is O=C(O)C(c1ccccc1)N1C(=O)/C(=C2/C(=O)N(Cc3ccc(Cl)cc3)c3ccccc32)SC1=S. The molecule has 1 fully saturated rings. The largest absolute Gasteiger partial charge is 0.479 e. The van der Waals surface area contributed by atoms with Crippen molar-refractivity contribution < 1.29 is 19.5 Å². The van der Waals surface area contributed by atoms with Gasteiger partial charge >= 0.3 is 5.97 Å². The van der Waals surface area contributed by atoms with Gasteiger partial charge in [0.25, 0.3) is 11.8 Å². The van der Waals surface area contributed by atoms with Crippen LogP contribution in [0, 0.1) is 0 Å². The lowest BCUT2D eigenvalue weighted by atomic mass is 10.0. The number of fused-ring (bicyclic) bond motifs is 1. The van der Waals surface area contributed by atoms with Crippen LogP contribution >= 0.6 is 35.6 Å². The minimum atomic E-state index is -1.29. The molecule has 0 radical (unpaired) electrons. The molecule has 1 unspecified atom stereocenters. The fourth-order valence-corrected chi connectivity index (χ4v) is 5.73. The topological polar surface area (TPSA) is 77.9 Å². The lowest BCUT2D eigenvalue weighted by Gasteiger charge is -2.23. The minimum absolute atomic E-state index is 0.0928. The highest BCUT2D eigenvalue weighted by Gasteiger charge is 2.46. The van der Waals surface area contributed by atoms with Crippen molar-refractivity contribution in [3.63, 3.8) is 0 Å². The molecular formula is C26H17ClN2O4S2. The molecule has 1 atom stereocenters. The number of thioether (sulfide) groups is 1. The number of thiocarbonyl (C=S) groups is 1. The van der Waals surface area contributed by atoms with Gasteiger partial charge in [-0.15, -0.1) is 0 Å². The van der Waals surface area contributed by atoms with Crippen LogP contribution in [0.2, 0.25) is 5.02 Å². The van der Waals surface area contributed by atoms with E-state index in [9.17, 15) is 19.5 Å². The number of halogens is 1. The summed E-state index contributed by atoms with van der Waals surface area (Å²) in [4.78, 5) is 42.2. The van der Waals surface area contributed by atoms with Crippen LogP contribution in [-0.4, -0.2) is 32.1 Å². The number of carbonyl (C=O) groups excluding carboxylic acids is 2. The molecule has 0 bridgehead atoms. The summed E-state index contributed by atoms with van der Waals surface area (Å²) in [5.41, 5.74) is 2.81. The zero-order chi connectivity index (χ0) is 24.7. The number of aliphatic carboxylic acids is 1. The Balaban J connectivity index is 1.56. The predicted molar refractivity (Wildman–Crippen MR) is 140 cm³/mol. The van der Waals surface area contributed by atoms with Crippen molar-refractivity contribution in [2.24, 2.45) is 0 Å². The van der Waals surface area contributed by atoms with Crippen molar-refractivity contribution in [3.8, 4) is 0 Å². The zero-order valence-corrected chi connectivity index (χ0v) is 20.4. The van der Waals surface area contributed by atoms with Crippen LogP contribution in [0.25, 0.3) is 5.57 Å². The second-order valence-electron chi connectivity index (χ2n) is 7.93. The third-order valence-corrected chi connectivity index (χ3v) is 7.46. The Bertz CT molecular complexity index is 1410. The summed E-state index contributed by atoms with van der Waals surface area (Å²) in [6.45, 7) is 0.290. The maximum absolute atomic E-state index is 13.7. The summed E-state index contributed by atoms with van der Waals surface area (Å²) >= 11 is 12.4. The first-order chi connectivity index (χ1) is 16.9. The molecule has 2 aliphatic rings. The number of carboxylic acids is 1. The lowest BCUT2D eigenvalue weighted by molar-refractivity contribution is -0.145. The Labute approximate surface area is 215 Å². The minimum Gasteiger partial charge on any atom is -0.479 e. The second-order valence-corrected chi connectivity index (χ2v) is 10.0. The smallest absolute Gasteiger partial charge is 0.331 e. The van der Waals surface area contributed by atoms with E-state index in [1.807, 2.05) is 24.3 Å². The number of carbonyl (C=O) groups is 3. The molecular weight excluding hydrogens is 504 g/mol. The van der Waals surface area contributed by atoms with E-state index in [4.69, 9.17) is 23.8 Å². The van der Waals surface area contributed by atoms with E-state index in [0.717, 1.165) is 22.2 Å². The van der Waals surface area contributed by atoms with Crippen LogP contribution < -0.4 is 4.90 Å². The quantitative estimate of drug-likeness (QED) is 0.364. The monoisotopic (exact) mass is 520 g/mol. The number of hydrogen-bond donors (Lipinski definition) is 1. The highest BCUT2D eigenvalue weighted by molar-refractivity contribution is 8.26. The number of hydrogen-bond acceptors (Lipinski definition) is 5. The van der Waals surface area contributed by atoms with Gasteiger partial charge < -0.3 is 10.0 Å². The molecule has 2 amide bonds. The standard InChI is InChI=1S/C26H17ClN2O4S2/c27-17-12-10-15(11-13-17)14-28-19-9-5-4-8-18(19)20(23(28)30)22-24(31)29(26(34)35-22)21(25(32)33)16-6-2-1-3-7-16/h1-13,21H,14H2,(H,32,33)/b22-20-. The third-order valence-electron chi connectivity index (χ3n) is 5.81. The first-order valence-corrected chi connectivity index (χ1v) is 12.2. The van der Waals surface area contributed by atoms with Gasteiger partial charge in [0, 0.05) is 10.6 Å². The van der Waals surface area contributed by atoms with Gasteiger partial charge in [-0.3, -0.25) is 14.5 Å². The van der Waals surface area contributed by atoms with E-state index in [-0.39, 0.29) is 20.7 Å². The number of para-hydroxylation sites is 1. The van der Waals surface area contributed by atoms with Gasteiger partial charge in [0.05, 0.1) is 22.7 Å².